The van der Waals surface area contributed by atoms with Crippen LogP contribution in [0.25, 0.3) is 0 Å². The molecule has 1 aromatic rings. The molecule has 0 aliphatic heterocycles. The lowest BCUT2D eigenvalue weighted by atomic mass is 10.1. The highest BCUT2D eigenvalue weighted by Crippen LogP contribution is 2.03. The maximum atomic E-state index is 11.3. The van der Waals surface area contributed by atoms with Gasteiger partial charge >= 0.3 is 12.1 Å². The molecule has 1 amide bonds. The van der Waals surface area contributed by atoms with Crippen LogP contribution in [0.3, 0.4) is 0 Å². The lowest BCUT2D eigenvalue weighted by molar-refractivity contribution is -0.139. The summed E-state index contributed by atoms with van der Waals surface area (Å²) in [7, 11) is 0. The average Bonchev–Trinajstić information content (AvgIpc) is 2.36. The van der Waals surface area contributed by atoms with E-state index in [9.17, 15) is 9.59 Å². The Hall–Kier alpha value is -1.79. The second-order valence-electron chi connectivity index (χ2n) is 3.65. The summed E-state index contributed by atoms with van der Waals surface area (Å²) in [5.74, 6) is -1.11. The van der Waals surface area contributed by atoms with Crippen molar-refractivity contribution in [3.05, 3.63) is 35.9 Å². The molecule has 106 valence electrons. The van der Waals surface area contributed by atoms with Crippen molar-refractivity contribution in [2.75, 3.05) is 13.2 Å². The number of carboxylic acid groups (broad SMARTS) is 1. The zero-order valence-electron chi connectivity index (χ0n) is 10.2. The third-order valence-electron chi connectivity index (χ3n) is 2.22. The van der Waals surface area contributed by atoms with E-state index in [-0.39, 0.29) is 32.0 Å². The first-order chi connectivity index (χ1) is 8.63. The highest BCUT2D eigenvalue weighted by atomic mass is 35.5. The number of amides is 1. The van der Waals surface area contributed by atoms with Crippen molar-refractivity contribution in [3.8, 4) is 0 Å². The quantitative estimate of drug-likeness (QED) is 0.718. The SMILES string of the molecule is Cl.NCCOC(=O)NC(Cc1ccccc1)C(=O)O. The minimum absolute atomic E-state index is 0. The third-order valence-corrected chi connectivity index (χ3v) is 2.22. The minimum Gasteiger partial charge on any atom is -0.480 e. The number of halogens is 1. The number of carbonyl (C=O) groups is 2. The molecule has 0 saturated heterocycles. The molecule has 0 radical (unpaired) electrons. The number of carbonyl (C=O) groups excluding carboxylic acids is 1. The van der Waals surface area contributed by atoms with Crippen LogP contribution in [0, 0.1) is 0 Å². The van der Waals surface area contributed by atoms with Crippen LogP contribution in [0.1, 0.15) is 5.56 Å². The Morgan fingerprint density at radius 3 is 2.47 bits per heavy atom. The molecule has 0 aliphatic rings. The molecule has 4 N–H and O–H groups in total. The van der Waals surface area contributed by atoms with Gasteiger partial charge in [0.1, 0.15) is 12.6 Å². The van der Waals surface area contributed by atoms with Crippen molar-refractivity contribution < 1.29 is 19.4 Å². The van der Waals surface area contributed by atoms with Crippen LogP contribution < -0.4 is 11.1 Å². The van der Waals surface area contributed by atoms with E-state index >= 15 is 0 Å². The second-order valence-corrected chi connectivity index (χ2v) is 3.65. The fraction of sp³-hybridized carbons (Fsp3) is 0.333. The van der Waals surface area contributed by atoms with Crippen molar-refractivity contribution in [1.29, 1.82) is 0 Å². The maximum absolute atomic E-state index is 11.3. The topological polar surface area (TPSA) is 102 Å². The van der Waals surface area contributed by atoms with E-state index in [0.717, 1.165) is 5.56 Å². The van der Waals surface area contributed by atoms with E-state index in [1.165, 1.54) is 0 Å². The molecule has 7 heteroatoms. The first kappa shape index (κ1) is 17.2. The number of nitrogens with one attached hydrogen (secondary N) is 1. The van der Waals surface area contributed by atoms with Crippen molar-refractivity contribution in [1.82, 2.24) is 5.32 Å². The molecule has 0 bridgehead atoms. The Balaban J connectivity index is 0.00000324. The summed E-state index contributed by atoms with van der Waals surface area (Å²) in [6.45, 7) is 0.257. The number of hydrogen-bond donors (Lipinski definition) is 3. The van der Waals surface area contributed by atoms with Crippen LogP contribution in [-0.4, -0.2) is 36.4 Å². The minimum atomic E-state index is -1.11. The molecule has 0 fully saturated rings. The lowest BCUT2D eigenvalue weighted by Gasteiger charge is -2.14. The Labute approximate surface area is 117 Å². The predicted molar refractivity (Wildman–Crippen MR) is 72.4 cm³/mol. The fourth-order valence-corrected chi connectivity index (χ4v) is 1.39. The van der Waals surface area contributed by atoms with E-state index in [4.69, 9.17) is 10.8 Å². The van der Waals surface area contributed by atoms with E-state index in [2.05, 4.69) is 10.1 Å². The summed E-state index contributed by atoms with van der Waals surface area (Å²) < 4.78 is 4.67. The standard InChI is InChI=1S/C12H16N2O4.ClH/c13-6-7-18-12(17)14-10(11(15)16)8-9-4-2-1-3-5-9;/h1-5,10H,6-8,13H2,(H,14,17)(H,15,16);1H. The average molecular weight is 289 g/mol. The van der Waals surface area contributed by atoms with Crippen molar-refractivity contribution in [2.24, 2.45) is 5.73 Å². The number of benzene rings is 1. The third kappa shape index (κ3) is 6.64. The normalized spacial score (nSPS) is 11.0. The summed E-state index contributed by atoms with van der Waals surface area (Å²) in [4.78, 5) is 22.3. The number of ether oxygens (including phenoxy) is 1. The first-order valence-corrected chi connectivity index (χ1v) is 5.53. The number of rotatable bonds is 6. The molecule has 6 nitrogen and oxygen atoms in total. The van der Waals surface area contributed by atoms with E-state index in [1.54, 1.807) is 24.3 Å². The molecule has 0 aliphatic carbocycles. The number of nitrogens with two attached hydrogens (primary N) is 1. The van der Waals surface area contributed by atoms with Gasteiger partial charge in [0.05, 0.1) is 0 Å². The van der Waals surface area contributed by atoms with Gasteiger partial charge in [0.15, 0.2) is 0 Å². The summed E-state index contributed by atoms with van der Waals surface area (Å²) >= 11 is 0. The molecular weight excluding hydrogens is 272 g/mol. The van der Waals surface area contributed by atoms with Gasteiger partial charge in [-0.1, -0.05) is 30.3 Å². The van der Waals surface area contributed by atoms with Gasteiger partial charge in [0.2, 0.25) is 0 Å². The monoisotopic (exact) mass is 288 g/mol. The van der Waals surface area contributed by atoms with Gasteiger partial charge in [0, 0.05) is 13.0 Å². The van der Waals surface area contributed by atoms with Gasteiger partial charge in [-0.05, 0) is 5.56 Å². The number of carboxylic acids is 1. The number of hydrogen-bond acceptors (Lipinski definition) is 4. The van der Waals surface area contributed by atoms with Crippen LogP contribution >= 0.6 is 12.4 Å². The second kappa shape index (κ2) is 9.18. The Kier molecular flexibility index (Phi) is 8.32. The van der Waals surface area contributed by atoms with Gasteiger partial charge in [0.25, 0.3) is 0 Å². The van der Waals surface area contributed by atoms with E-state index in [1.807, 2.05) is 6.07 Å². The fourth-order valence-electron chi connectivity index (χ4n) is 1.39. The molecule has 1 aromatic carbocycles. The summed E-state index contributed by atoms with van der Waals surface area (Å²) in [6, 6.07) is 8.02. The molecule has 1 atom stereocenters. The summed E-state index contributed by atoms with van der Waals surface area (Å²) in [5, 5.41) is 11.3. The number of aliphatic carboxylic acids is 1. The molecular formula is C12H17ClN2O4. The molecule has 0 heterocycles. The van der Waals surface area contributed by atoms with Gasteiger partial charge in [-0.2, -0.15) is 0 Å². The van der Waals surface area contributed by atoms with Gasteiger partial charge in [-0.15, -0.1) is 12.4 Å². The molecule has 19 heavy (non-hydrogen) atoms. The van der Waals surface area contributed by atoms with Crippen LogP contribution in [0.2, 0.25) is 0 Å². The zero-order valence-corrected chi connectivity index (χ0v) is 11.1. The van der Waals surface area contributed by atoms with Crippen molar-refractivity contribution in [3.63, 3.8) is 0 Å². The predicted octanol–water partition coefficient (Wildman–Crippen LogP) is 0.789. The van der Waals surface area contributed by atoms with E-state index in [0.29, 0.717) is 0 Å². The molecule has 0 aromatic heterocycles. The molecule has 0 saturated carbocycles. The maximum Gasteiger partial charge on any atom is 0.407 e. The Bertz CT molecular complexity index is 400. The highest BCUT2D eigenvalue weighted by Gasteiger charge is 2.20. The van der Waals surface area contributed by atoms with Gasteiger partial charge in [-0.25, -0.2) is 9.59 Å². The highest BCUT2D eigenvalue weighted by molar-refractivity contribution is 5.85. The van der Waals surface area contributed by atoms with Gasteiger partial charge < -0.3 is 20.9 Å². The van der Waals surface area contributed by atoms with Crippen molar-refractivity contribution >= 4 is 24.5 Å². The van der Waals surface area contributed by atoms with Crippen LogP contribution in [0.4, 0.5) is 4.79 Å². The first-order valence-electron chi connectivity index (χ1n) is 5.53. The van der Waals surface area contributed by atoms with Crippen LogP contribution in [-0.2, 0) is 16.0 Å². The van der Waals surface area contributed by atoms with Crippen LogP contribution in [0.5, 0.6) is 0 Å². The number of alkyl carbamates (subject to hydrolysis) is 1. The Morgan fingerprint density at radius 1 is 1.32 bits per heavy atom. The van der Waals surface area contributed by atoms with Gasteiger partial charge in [-0.3, -0.25) is 0 Å². The largest absolute Gasteiger partial charge is 0.480 e. The molecule has 1 unspecified atom stereocenters. The van der Waals surface area contributed by atoms with E-state index < -0.39 is 18.1 Å². The molecule has 1 rings (SSSR count). The smallest absolute Gasteiger partial charge is 0.407 e. The van der Waals surface area contributed by atoms with Crippen molar-refractivity contribution in [2.45, 2.75) is 12.5 Å². The summed E-state index contributed by atoms with van der Waals surface area (Å²) in [6.07, 6.45) is -0.572. The summed E-state index contributed by atoms with van der Waals surface area (Å²) in [5.41, 5.74) is 5.99. The zero-order chi connectivity index (χ0) is 13.4. The lowest BCUT2D eigenvalue weighted by Crippen LogP contribution is -2.43. The molecule has 0 spiro atoms. The van der Waals surface area contributed by atoms with Crippen LogP contribution in [0.15, 0.2) is 30.3 Å². The Morgan fingerprint density at radius 2 is 1.95 bits per heavy atom.